The second-order valence-corrected chi connectivity index (χ2v) is 12.5. The molecule has 0 unspecified atom stereocenters. The number of amides is 2. The van der Waals surface area contributed by atoms with Crippen LogP contribution in [0.25, 0.3) is 0 Å². The number of hydrogen-bond donors (Lipinski definition) is 2. The van der Waals surface area contributed by atoms with Gasteiger partial charge in [-0.25, -0.2) is 9.59 Å². The Hall–Kier alpha value is -1.54. The highest BCUT2D eigenvalue weighted by atomic mass is 16.6. The van der Waals surface area contributed by atoms with Crippen LogP contribution in [-0.2, 0) is 9.47 Å². The Balaban J connectivity index is 0.000000379. The summed E-state index contributed by atoms with van der Waals surface area (Å²) in [5.41, 5.74) is 4.96. The maximum atomic E-state index is 12.1. The van der Waals surface area contributed by atoms with Crippen molar-refractivity contribution in [1.29, 1.82) is 0 Å². The predicted molar refractivity (Wildman–Crippen MR) is 147 cm³/mol. The molecule has 0 radical (unpaired) electrons. The van der Waals surface area contributed by atoms with E-state index >= 15 is 0 Å². The van der Waals surface area contributed by atoms with Crippen molar-refractivity contribution in [3.63, 3.8) is 0 Å². The second-order valence-electron chi connectivity index (χ2n) is 12.5. The quantitative estimate of drug-likeness (QED) is 0.516. The van der Waals surface area contributed by atoms with Crippen molar-refractivity contribution in [2.24, 2.45) is 11.7 Å². The molecule has 3 rings (SSSR count). The third-order valence-corrected chi connectivity index (χ3v) is 6.60. The molecule has 3 aliphatic rings. The fourth-order valence-corrected chi connectivity index (χ4v) is 4.86. The zero-order valence-electron chi connectivity index (χ0n) is 23.2. The summed E-state index contributed by atoms with van der Waals surface area (Å²) in [6.45, 7) is 15.5. The molecule has 0 aromatic rings. The number of nitrogens with one attached hydrogen (secondary N) is 1. The van der Waals surface area contributed by atoms with E-state index in [1.165, 1.54) is 38.5 Å². The first-order valence-electron chi connectivity index (χ1n) is 13.8. The molecule has 0 aromatic heterocycles. The van der Waals surface area contributed by atoms with Crippen LogP contribution in [0.1, 0.15) is 107 Å². The van der Waals surface area contributed by atoms with Crippen molar-refractivity contribution in [2.75, 3.05) is 32.7 Å². The number of ether oxygens (including phenoxy) is 2. The van der Waals surface area contributed by atoms with Crippen molar-refractivity contribution < 1.29 is 19.1 Å². The lowest BCUT2D eigenvalue weighted by Gasteiger charge is -2.35. The normalized spacial score (nSPS) is 23.6. The van der Waals surface area contributed by atoms with Gasteiger partial charge in [-0.2, -0.15) is 0 Å². The molecule has 2 heterocycles. The van der Waals surface area contributed by atoms with Crippen LogP contribution in [0.4, 0.5) is 9.59 Å². The summed E-state index contributed by atoms with van der Waals surface area (Å²) < 4.78 is 10.7. The van der Waals surface area contributed by atoms with Crippen LogP contribution in [0.2, 0.25) is 0 Å². The number of carbonyl (C=O) groups excluding carboxylic acids is 2. The molecule has 0 bridgehead atoms. The van der Waals surface area contributed by atoms with Crippen LogP contribution in [0.15, 0.2) is 0 Å². The number of nitrogens with zero attached hydrogens (tertiary/aromatic N) is 2. The standard InChI is InChI=1S/C17H32N2O2.C10H20N2O2.CH4/c1-17(2,3)21-16(20)19-11-7-10-15(13-19)18-12-14-8-5-4-6-9-14;1-10(2,3)14-9(13)12-6-4-5-8(11)7-12;/h14-15,18H,4-13H2,1-3H3;8H,4-7,11H2,1-3H3;1H4/t15-;8-;/m11./s1. The van der Waals surface area contributed by atoms with Gasteiger partial charge in [-0.3, -0.25) is 0 Å². The molecular formula is C28H56N4O4. The van der Waals surface area contributed by atoms with Crippen molar-refractivity contribution in [1.82, 2.24) is 15.1 Å². The average molecular weight is 513 g/mol. The van der Waals surface area contributed by atoms with E-state index in [-0.39, 0.29) is 25.7 Å². The minimum Gasteiger partial charge on any atom is -0.444 e. The lowest BCUT2D eigenvalue weighted by molar-refractivity contribution is 0.0181. The molecule has 212 valence electrons. The van der Waals surface area contributed by atoms with E-state index < -0.39 is 11.2 Å². The second kappa shape index (κ2) is 15.0. The minimum absolute atomic E-state index is 0. The smallest absolute Gasteiger partial charge is 0.410 e. The first-order valence-corrected chi connectivity index (χ1v) is 13.8. The number of piperidine rings is 2. The summed E-state index contributed by atoms with van der Waals surface area (Å²) >= 11 is 0. The zero-order valence-corrected chi connectivity index (χ0v) is 23.2. The zero-order chi connectivity index (χ0) is 26.1. The fourth-order valence-electron chi connectivity index (χ4n) is 4.86. The third-order valence-electron chi connectivity index (χ3n) is 6.60. The van der Waals surface area contributed by atoms with E-state index in [9.17, 15) is 9.59 Å². The highest BCUT2D eigenvalue weighted by Gasteiger charge is 2.28. The number of carbonyl (C=O) groups is 2. The summed E-state index contributed by atoms with van der Waals surface area (Å²) in [5, 5.41) is 3.69. The van der Waals surface area contributed by atoms with Crippen molar-refractivity contribution >= 4 is 12.2 Å². The molecule has 1 saturated carbocycles. The first-order chi connectivity index (χ1) is 16.3. The molecule has 3 fully saturated rings. The Kier molecular flexibility index (Phi) is 13.5. The lowest BCUT2D eigenvalue weighted by Crippen LogP contribution is -2.50. The van der Waals surface area contributed by atoms with Crippen molar-refractivity contribution in [3.05, 3.63) is 0 Å². The Morgan fingerprint density at radius 3 is 1.78 bits per heavy atom. The van der Waals surface area contributed by atoms with Gasteiger partial charge in [0.15, 0.2) is 0 Å². The Bertz CT molecular complexity index is 653. The van der Waals surface area contributed by atoms with Gasteiger partial charge in [0.1, 0.15) is 11.2 Å². The Labute approximate surface area is 221 Å². The number of nitrogens with two attached hydrogens (primary N) is 1. The molecule has 36 heavy (non-hydrogen) atoms. The van der Waals surface area contributed by atoms with E-state index in [0.29, 0.717) is 12.6 Å². The van der Waals surface area contributed by atoms with Gasteiger partial charge in [0.25, 0.3) is 0 Å². The Morgan fingerprint density at radius 2 is 1.28 bits per heavy atom. The molecule has 2 amide bonds. The number of likely N-dealkylation sites (tertiary alicyclic amines) is 2. The SMILES string of the molecule is C.CC(C)(C)OC(=O)N1CCC[C@@H](N)C1.CC(C)(C)OC(=O)N1CCC[C@@H](NCC2CCCCC2)C1. The maximum Gasteiger partial charge on any atom is 0.410 e. The van der Waals surface area contributed by atoms with E-state index in [4.69, 9.17) is 15.2 Å². The van der Waals surface area contributed by atoms with E-state index in [1.807, 2.05) is 46.4 Å². The van der Waals surface area contributed by atoms with Crippen LogP contribution < -0.4 is 11.1 Å². The molecule has 2 aliphatic heterocycles. The molecule has 8 nitrogen and oxygen atoms in total. The summed E-state index contributed by atoms with van der Waals surface area (Å²) in [7, 11) is 0. The largest absolute Gasteiger partial charge is 0.444 e. The van der Waals surface area contributed by atoms with Gasteiger partial charge >= 0.3 is 12.2 Å². The van der Waals surface area contributed by atoms with Gasteiger partial charge < -0.3 is 30.3 Å². The highest BCUT2D eigenvalue weighted by Crippen LogP contribution is 2.23. The summed E-state index contributed by atoms with van der Waals surface area (Å²) in [6, 6.07) is 0.546. The molecule has 3 N–H and O–H groups in total. The molecule has 8 heteroatoms. The van der Waals surface area contributed by atoms with E-state index in [1.54, 1.807) is 4.90 Å². The Morgan fingerprint density at radius 1 is 0.778 bits per heavy atom. The average Bonchev–Trinajstić information content (AvgIpc) is 2.77. The predicted octanol–water partition coefficient (Wildman–Crippen LogP) is 5.54. The molecular weight excluding hydrogens is 456 g/mol. The van der Waals surface area contributed by atoms with Crippen molar-refractivity contribution in [3.8, 4) is 0 Å². The molecule has 2 atom stereocenters. The van der Waals surface area contributed by atoms with Gasteiger partial charge in [-0.05, 0) is 92.5 Å². The van der Waals surface area contributed by atoms with E-state index in [0.717, 1.165) is 51.4 Å². The summed E-state index contributed by atoms with van der Waals surface area (Å²) in [5.74, 6) is 0.843. The summed E-state index contributed by atoms with van der Waals surface area (Å²) in [6.07, 6.45) is 10.7. The van der Waals surface area contributed by atoms with Gasteiger partial charge in [-0.1, -0.05) is 26.7 Å². The topological polar surface area (TPSA) is 97.1 Å². The van der Waals surface area contributed by atoms with E-state index in [2.05, 4.69) is 5.32 Å². The van der Waals surface area contributed by atoms with Gasteiger partial charge in [0, 0.05) is 38.3 Å². The van der Waals surface area contributed by atoms with Gasteiger partial charge in [0.2, 0.25) is 0 Å². The minimum atomic E-state index is -0.418. The first kappa shape index (κ1) is 32.5. The lowest BCUT2D eigenvalue weighted by atomic mass is 9.89. The molecule has 1 aliphatic carbocycles. The molecule has 2 saturated heterocycles. The summed E-state index contributed by atoms with van der Waals surface area (Å²) in [4.78, 5) is 27.3. The number of rotatable bonds is 3. The van der Waals surface area contributed by atoms with Crippen LogP contribution in [-0.4, -0.2) is 78.0 Å². The third kappa shape index (κ3) is 13.1. The molecule has 0 spiro atoms. The number of hydrogen-bond acceptors (Lipinski definition) is 6. The van der Waals surface area contributed by atoms with Crippen molar-refractivity contribution in [2.45, 2.75) is 130 Å². The van der Waals surface area contributed by atoms with Gasteiger partial charge in [-0.15, -0.1) is 0 Å². The monoisotopic (exact) mass is 512 g/mol. The van der Waals surface area contributed by atoms with Crippen LogP contribution in [0, 0.1) is 5.92 Å². The molecule has 0 aromatic carbocycles. The van der Waals surface area contributed by atoms with Gasteiger partial charge in [0.05, 0.1) is 0 Å². The van der Waals surface area contributed by atoms with Crippen LogP contribution in [0.5, 0.6) is 0 Å². The fraction of sp³-hybridized carbons (Fsp3) is 0.929. The maximum absolute atomic E-state index is 12.1. The van der Waals surface area contributed by atoms with Crippen LogP contribution >= 0.6 is 0 Å². The highest BCUT2D eigenvalue weighted by molar-refractivity contribution is 5.68. The van der Waals surface area contributed by atoms with Crippen LogP contribution in [0.3, 0.4) is 0 Å².